The van der Waals surface area contributed by atoms with Crippen molar-refractivity contribution in [2.24, 2.45) is 0 Å². The normalized spacial score (nSPS) is 16.1. The zero-order valence-electron chi connectivity index (χ0n) is 14.7. The number of nitrogens with zero attached hydrogens (tertiary/aromatic N) is 2. The number of methoxy groups -OCH3 is 2. The number of piperazine rings is 1. The Balaban J connectivity index is 2.00. The third-order valence-corrected chi connectivity index (χ3v) is 4.16. The summed E-state index contributed by atoms with van der Waals surface area (Å²) in [7, 11) is 3.18. The van der Waals surface area contributed by atoms with Crippen molar-refractivity contribution in [1.82, 2.24) is 9.80 Å². The monoisotopic (exact) mass is 321 g/mol. The molecule has 1 fully saturated rings. The van der Waals surface area contributed by atoms with Crippen LogP contribution in [-0.4, -0.2) is 61.8 Å². The Labute approximate surface area is 138 Å². The van der Waals surface area contributed by atoms with Gasteiger partial charge in [-0.25, -0.2) is 4.79 Å². The van der Waals surface area contributed by atoms with Gasteiger partial charge in [0.15, 0.2) is 0 Å². The summed E-state index contributed by atoms with van der Waals surface area (Å²) < 4.78 is 10.5. The average Bonchev–Trinajstić information content (AvgIpc) is 2.54. The van der Waals surface area contributed by atoms with Crippen LogP contribution in [-0.2, 0) is 0 Å². The first-order valence-electron chi connectivity index (χ1n) is 7.88. The fourth-order valence-corrected chi connectivity index (χ4v) is 2.69. The highest BCUT2D eigenvalue weighted by molar-refractivity contribution is 5.91. The van der Waals surface area contributed by atoms with Gasteiger partial charge in [0.05, 0.1) is 19.9 Å². The second kappa shape index (κ2) is 7.08. The van der Waals surface area contributed by atoms with Crippen LogP contribution in [0.2, 0.25) is 0 Å². The molecule has 0 spiro atoms. The van der Waals surface area contributed by atoms with Gasteiger partial charge >= 0.3 is 6.03 Å². The zero-order valence-corrected chi connectivity index (χ0v) is 14.7. The topological polar surface area (TPSA) is 54.0 Å². The minimum Gasteiger partial charge on any atom is -0.497 e. The smallest absolute Gasteiger partial charge is 0.322 e. The van der Waals surface area contributed by atoms with Crippen LogP contribution in [0.1, 0.15) is 20.8 Å². The molecular weight excluding hydrogens is 294 g/mol. The lowest BCUT2D eigenvalue weighted by molar-refractivity contribution is 0.0774. The van der Waals surface area contributed by atoms with E-state index in [0.29, 0.717) is 17.2 Å². The summed E-state index contributed by atoms with van der Waals surface area (Å²) in [4.78, 5) is 16.7. The predicted octanol–water partition coefficient (Wildman–Crippen LogP) is 2.65. The maximum atomic E-state index is 12.5. The Morgan fingerprint density at radius 1 is 1.09 bits per heavy atom. The van der Waals surface area contributed by atoms with Crippen LogP contribution in [0.5, 0.6) is 11.5 Å². The molecule has 1 aromatic carbocycles. The van der Waals surface area contributed by atoms with Crippen LogP contribution in [0.15, 0.2) is 18.2 Å². The third-order valence-electron chi connectivity index (χ3n) is 4.16. The maximum Gasteiger partial charge on any atom is 0.322 e. The Kier molecular flexibility index (Phi) is 5.36. The quantitative estimate of drug-likeness (QED) is 0.930. The number of ether oxygens (including phenoxy) is 2. The lowest BCUT2D eigenvalue weighted by Crippen LogP contribution is -2.55. The molecule has 6 nitrogen and oxygen atoms in total. The number of carbonyl (C=O) groups is 1. The van der Waals surface area contributed by atoms with Gasteiger partial charge in [-0.2, -0.15) is 0 Å². The van der Waals surface area contributed by atoms with E-state index in [1.165, 1.54) is 0 Å². The summed E-state index contributed by atoms with van der Waals surface area (Å²) in [6, 6.07) is 5.25. The van der Waals surface area contributed by atoms with E-state index in [1.807, 2.05) is 4.90 Å². The van der Waals surface area contributed by atoms with Gasteiger partial charge in [0.25, 0.3) is 0 Å². The molecule has 0 unspecified atom stereocenters. The fraction of sp³-hybridized carbons (Fsp3) is 0.588. The fourth-order valence-electron chi connectivity index (χ4n) is 2.69. The van der Waals surface area contributed by atoms with Crippen molar-refractivity contribution in [2.45, 2.75) is 26.3 Å². The Bertz CT molecular complexity index is 547. The predicted molar refractivity (Wildman–Crippen MR) is 91.5 cm³/mol. The lowest BCUT2D eigenvalue weighted by atomic mass is 10.1. The highest BCUT2D eigenvalue weighted by Crippen LogP contribution is 2.29. The summed E-state index contributed by atoms with van der Waals surface area (Å²) in [5.41, 5.74) is 0.758. The second-order valence-electron chi connectivity index (χ2n) is 6.64. The highest BCUT2D eigenvalue weighted by Gasteiger charge is 2.28. The van der Waals surface area contributed by atoms with Crippen molar-refractivity contribution in [3.63, 3.8) is 0 Å². The van der Waals surface area contributed by atoms with Crippen molar-refractivity contribution in [3.8, 4) is 11.5 Å². The number of nitrogens with one attached hydrogen (secondary N) is 1. The van der Waals surface area contributed by atoms with Gasteiger partial charge in [-0.1, -0.05) is 0 Å². The molecule has 1 saturated heterocycles. The summed E-state index contributed by atoms with van der Waals surface area (Å²) in [6.45, 7) is 9.79. The van der Waals surface area contributed by atoms with Gasteiger partial charge in [-0.15, -0.1) is 0 Å². The molecule has 0 saturated carbocycles. The molecule has 1 aliphatic heterocycles. The molecule has 2 amide bonds. The van der Waals surface area contributed by atoms with Gasteiger partial charge in [0, 0.05) is 37.8 Å². The van der Waals surface area contributed by atoms with Crippen molar-refractivity contribution in [1.29, 1.82) is 0 Å². The Hall–Kier alpha value is -1.95. The summed E-state index contributed by atoms with van der Waals surface area (Å²) in [5.74, 6) is 1.30. The molecule has 23 heavy (non-hydrogen) atoms. The average molecular weight is 321 g/mol. The number of urea groups is 1. The first kappa shape index (κ1) is 17.4. The van der Waals surface area contributed by atoms with E-state index in [4.69, 9.17) is 9.47 Å². The first-order valence-corrected chi connectivity index (χ1v) is 7.88. The van der Waals surface area contributed by atoms with Crippen molar-refractivity contribution < 1.29 is 14.3 Å². The van der Waals surface area contributed by atoms with E-state index in [2.05, 4.69) is 31.0 Å². The van der Waals surface area contributed by atoms with Gasteiger partial charge < -0.3 is 19.7 Å². The molecule has 1 N–H and O–H groups in total. The minimum atomic E-state index is -0.106. The van der Waals surface area contributed by atoms with E-state index in [1.54, 1.807) is 32.4 Å². The number of benzene rings is 1. The SMILES string of the molecule is COc1ccc(OC)c(NC(=O)N2CCN(C(C)(C)C)CC2)c1. The molecule has 0 radical (unpaired) electrons. The molecule has 0 bridgehead atoms. The molecule has 0 aromatic heterocycles. The largest absolute Gasteiger partial charge is 0.497 e. The number of amides is 2. The van der Waals surface area contributed by atoms with E-state index >= 15 is 0 Å². The minimum absolute atomic E-state index is 0.106. The first-order chi connectivity index (χ1) is 10.8. The van der Waals surface area contributed by atoms with Crippen LogP contribution in [0.25, 0.3) is 0 Å². The lowest BCUT2D eigenvalue weighted by Gasteiger charge is -2.42. The molecular formula is C17H27N3O3. The number of hydrogen-bond acceptors (Lipinski definition) is 4. The standard InChI is InChI=1S/C17H27N3O3/c1-17(2,3)20-10-8-19(9-11-20)16(21)18-14-12-13(22-4)6-7-15(14)23-5/h6-7,12H,8-11H2,1-5H3,(H,18,21). The summed E-state index contributed by atoms with van der Waals surface area (Å²) >= 11 is 0. The highest BCUT2D eigenvalue weighted by atomic mass is 16.5. The molecule has 1 heterocycles. The molecule has 1 aliphatic rings. The summed E-state index contributed by atoms with van der Waals surface area (Å²) in [6.07, 6.45) is 0. The second-order valence-corrected chi connectivity index (χ2v) is 6.64. The molecule has 0 atom stereocenters. The number of rotatable bonds is 3. The molecule has 1 aromatic rings. The summed E-state index contributed by atoms with van der Waals surface area (Å²) in [5, 5.41) is 2.92. The number of anilines is 1. The third kappa shape index (κ3) is 4.28. The van der Waals surface area contributed by atoms with Gasteiger partial charge in [0.2, 0.25) is 0 Å². The van der Waals surface area contributed by atoms with E-state index in [-0.39, 0.29) is 11.6 Å². The molecule has 128 valence electrons. The van der Waals surface area contributed by atoms with Crippen LogP contribution < -0.4 is 14.8 Å². The molecule has 0 aliphatic carbocycles. The van der Waals surface area contributed by atoms with E-state index < -0.39 is 0 Å². The molecule has 2 rings (SSSR count). The maximum absolute atomic E-state index is 12.5. The van der Waals surface area contributed by atoms with Crippen molar-refractivity contribution >= 4 is 11.7 Å². The number of carbonyl (C=O) groups excluding carboxylic acids is 1. The van der Waals surface area contributed by atoms with Crippen molar-refractivity contribution in [3.05, 3.63) is 18.2 Å². The Morgan fingerprint density at radius 3 is 2.26 bits per heavy atom. The van der Waals surface area contributed by atoms with Crippen LogP contribution >= 0.6 is 0 Å². The van der Waals surface area contributed by atoms with Gasteiger partial charge in [-0.3, -0.25) is 4.90 Å². The van der Waals surface area contributed by atoms with Crippen LogP contribution in [0.3, 0.4) is 0 Å². The Morgan fingerprint density at radius 2 is 1.74 bits per heavy atom. The van der Waals surface area contributed by atoms with Crippen molar-refractivity contribution in [2.75, 3.05) is 45.7 Å². The number of hydrogen-bond donors (Lipinski definition) is 1. The molecule has 6 heteroatoms. The van der Waals surface area contributed by atoms with E-state index in [9.17, 15) is 4.79 Å². The van der Waals surface area contributed by atoms with Gasteiger partial charge in [-0.05, 0) is 32.9 Å². The van der Waals surface area contributed by atoms with Crippen LogP contribution in [0.4, 0.5) is 10.5 Å². The zero-order chi connectivity index (χ0) is 17.0. The van der Waals surface area contributed by atoms with Gasteiger partial charge in [0.1, 0.15) is 11.5 Å². The van der Waals surface area contributed by atoms with Crippen LogP contribution in [0, 0.1) is 0 Å². The van der Waals surface area contributed by atoms with E-state index in [0.717, 1.165) is 26.2 Å².